The van der Waals surface area contributed by atoms with Crippen molar-refractivity contribution in [2.75, 3.05) is 19.6 Å². The molecule has 4 rings (SSSR count). The van der Waals surface area contributed by atoms with Crippen LogP contribution in [0.3, 0.4) is 0 Å². The Morgan fingerprint density at radius 2 is 1.55 bits per heavy atom. The van der Waals surface area contributed by atoms with Gasteiger partial charge in [-0.3, -0.25) is 4.79 Å². The lowest BCUT2D eigenvalue weighted by Gasteiger charge is -2.42. The Labute approximate surface area is 225 Å². The highest BCUT2D eigenvalue weighted by Gasteiger charge is 2.41. The van der Waals surface area contributed by atoms with E-state index in [0.717, 1.165) is 55.6 Å². The Morgan fingerprint density at radius 3 is 2.08 bits per heavy atom. The van der Waals surface area contributed by atoms with Gasteiger partial charge in [-0.15, -0.1) is 0 Å². The average Bonchev–Trinajstić information content (AvgIpc) is 2.92. The zero-order chi connectivity index (χ0) is 27.3. The molecule has 6 nitrogen and oxygen atoms in total. The summed E-state index contributed by atoms with van der Waals surface area (Å²) >= 11 is 0. The van der Waals surface area contributed by atoms with E-state index in [1.165, 1.54) is 0 Å². The molecule has 38 heavy (non-hydrogen) atoms. The summed E-state index contributed by atoms with van der Waals surface area (Å²) in [6, 6.07) is 21.6. The first-order valence-electron chi connectivity index (χ1n) is 13.5. The predicted molar refractivity (Wildman–Crippen MR) is 148 cm³/mol. The fourth-order valence-electron chi connectivity index (χ4n) is 6.13. The van der Waals surface area contributed by atoms with E-state index in [1.807, 2.05) is 67.6 Å². The number of phenols is 1. The minimum Gasteiger partial charge on any atom is -0.507 e. The Kier molecular flexibility index (Phi) is 8.87. The smallest absolute Gasteiger partial charge is 0.307 e. The molecule has 1 aliphatic rings. The third-order valence-electron chi connectivity index (χ3n) is 8.11. The van der Waals surface area contributed by atoms with Crippen molar-refractivity contribution in [3.8, 4) is 5.75 Å². The van der Waals surface area contributed by atoms with E-state index in [0.29, 0.717) is 23.1 Å². The molecule has 0 bridgehead atoms. The van der Waals surface area contributed by atoms with Crippen LogP contribution in [0.25, 0.3) is 0 Å². The predicted octanol–water partition coefficient (Wildman–Crippen LogP) is 5.10. The molecule has 1 fully saturated rings. The molecule has 3 aromatic rings. The molecule has 0 saturated carbocycles. The van der Waals surface area contributed by atoms with E-state index in [4.69, 9.17) is 5.11 Å². The zero-order valence-corrected chi connectivity index (χ0v) is 22.3. The number of nitrogens with zero attached hydrogens (tertiary/aromatic N) is 1. The Balaban J connectivity index is 1.36. The summed E-state index contributed by atoms with van der Waals surface area (Å²) in [7, 11) is 0. The van der Waals surface area contributed by atoms with E-state index in [-0.39, 0.29) is 18.1 Å². The van der Waals surface area contributed by atoms with Crippen molar-refractivity contribution in [1.29, 1.82) is 0 Å². The van der Waals surface area contributed by atoms with Gasteiger partial charge < -0.3 is 25.3 Å². The Morgan fingerprint density at radius 1 is 1.00 bits per heavy atom. The third kappa shape index (κ3) is 5.93. The van der Waals surface area contributed by atoms with Crippen LogP contribution in [0.5, 0.6) is 5.75 Å². The average molecular weight is 518 g/mol. The van der Waals surface area contributed by atoms with Crippen LogP contribution in [0.15, 0.2) is 66.7 Å². The second kappa shape index (κ2) is 12.1. The first-order valence-corrected chi connectivity index (χ1v) is 13.5. The van der Waals surface area contributed by atoms with Crippen molar-refractivity contribution in [3.63, 3.8) is 0 Å². The molecule has 0 aliphatic carbocycles. The van der Waals surface area contributed by atoms with E-state index in [1.54, 1.807) is 13.0 Å². The fraction of sp³-hybridized carbons (Fsp3) is 0.406. The largest absolute Gasteiger partial charge is 0.507 e. The van der Waals surface area contributed by atoms with Crippen LogP contribution >= 0.6 is 0 Å². The van der Waals surface area contributed by atoms with Gasteiger partial charge in [-0.1, -0.05) is 66.7 Å². The molecule has 1 atom stereocenters. The molecular formula is C32H39NO5. The lowest BCUT2D eigenvalue weighted by Crippen LogP contribution is -2.44. The zero-order valence-electron chi connectivity index (χ0n) is 22.3. The second-order valence-corrected chi connectivity index (χ2v) is 10.6. The van der Waals surface area contributed by atoms with Crippen LogP contribution < -0.4 is 0 Å². The van der Waals surface area contributed by atoms with Crippen LogP contribution in [-0.4, -0.2) is 50.9 Å². The molecular weight excluding hydrogens is 478 g/mol. The molecule has 1 saturated heterocycles. The molecule has 1 heterocycles. The van der Waals surface area contributed by atoms with Gasteiger partial charge >= 0.3 is 5.97 Å². The number of aliphatic hydroxyl groups excluding tert-OH is 1. The number of aryl methyl sites for hydroxylation is 1. The molecule has 4 N–H and O–H groups in total. The van der Waals surface area contributed by atoms with Crippen LogP contribution in [0, 0.1) is 19.8 Å². The van der Waals surface area contributed by atoms with Crippen molar-refractivity contribution in [1.82, 2.24) is 4.90 Å². The van der Waals surface area contributed by atoms with E-state index >= 15 is 0 Å². The number of benzene rings is 3. The van der Waals surface area contributed by atoms with Gasteiger partial charge in [-0.2, -0.15) is 0 Å². The molecule has 0 amide bonds. The van der Waals surface area contributed by atoms with E-state index in [9.17, 15) is 20.1 Å². The van der Waals surface area contributed by atoms with Gasteiger partial charge in [-0.05, 0) is 92.9 Å². The maximum Gasteiger partial charge on any atom is 0.307 e. The molecule has 3 aromatic carbocycles. The third-order valence-corrected chi connectivity index (χ3v) is 8.11. The van der Waals surface area contributed by atoms with Gasteiger partial charge in [0, 0.05) is 5.56 Å². The summed E-state index contributed by atoms with van der Waals surface area (Å²) in [5.74, 6) is -0.938. The maximum absolute atomic E-state index is 12.1. The molecule has 202 valence electrons. The fourth-order valence-corrected chi connectivity index (χ4v) is 6.13. The summed E-state index contributed by atoms with van der Waals surface area (Å²) in [6.45, 7) is 6.19. The normalized spacial score (nSPS) is 15.9. The highest BCUT2D eigenvalue weighted by Crippen LogP contribution is 2.42. The van der Waals surface area contributed by atoms with Gasteiger partial charge in [-0.25, -0.2) is 0 Å². The molecule has 1 aliphatic heterocycles. The number of hydrogen-bond donors (Lipinski definition) is 4. The number of aliphatic carboxylic acids is 1. The first-order chi connectivity index (χ1) is 18.2. The summed E-state index contributed by atoms with van der Waals surface area (Å²) in [5.41, 5.74) is 3.23. The summed E-state index contributed by atoms with van der Waals surface area (Å²) in [6.07, 6.45) is 2.13. The number of hydrogen-bond acceptors (Lipinski definition) is 5. The SMILES string of the molecule is Cc1cc(CC(=O)O)c(O)c(C)c1C(O)CCCN1CCC(C(O)(c2ccccc2)c2ccccc2)CC1. The number of carbonyl (C=O) groups is 1. The number of aliphatic hydroxyl groups is 2. The highest BCUT2D eigenvalue weighted by atomic mass is 16.4. The number of piperidine rings is 1. The van der Waals surface area contributed by atoms with Crippen LogP contribution in [0.2, 0.25) is 0 Å². The molecule has 0 aromatic heterocycles. The molecule has 0 radical (unpaired) electrons. The van der Waals surface area contributed by atoms with Crippen molar-refractivity contribution >= 4 is 5.97 Å². The summed E-state index contributed by atoms with van der Waals surface area (Å²) in [5, 5.41) is 42.6. The van der Waals surface area contributed by atoms with Gasteiger partial charge in [0.2, 0.25) is 0 Å². The van der Waals surface area contributed by atoms with Gasteiger partial charge in [0.25, 0.3) is 0 Å². The van der Waals surface area contributed by atoms with Crippen molar-refractivity contribution in [2.24, 2.45) is 5.92 Å². The minimum atomic E-state index is -1.03. The van der Waals surface area contributed by atoms with Crippen LogP contribution in [0.1, 0.15) is 65.2 Å². The molecule has 1 unspecified atom stereocenters. The number of carboxylic acids is 1. The number of phenolic OH excluding ortho intramolecular Hbond substituents is 1. The lowest BCUT2D eigenvalue weighted by molar-refractivity contribution is -0.136. The topological polar surface area (TPSA) is 101 Å². The maximum atomic E-state index is 12.1. The first kappa shape index (κ1) is 27.8. The number of carboxylic acid groups (broad SMARTS) is 1. The number of likely N-dealkylation sites (tertiary alicyclic amines) is 1. The lowest BCUT2D eigenvalue weighted by atomic mass is 9.72. The van der Waals surface area contributed by atoms with E-state index in [2.05, 4.69) is 4.90 Å². The molecule has 0 spiro atoms. The van der Waals surface area contributed by atoms with Gasteiger partial charge in [0.1, 0.15) is 11.4 Å². The van der Waals surface area contributed by atoms with Crippen molar-refractivity contribution < 1.29 is 25.2 Å². The minimum absolute atomic E-state index is 0.0431. The van der Waals surface area contributed by atoms with Crippen molar-refractivity contribution in [2.45, 2.75) is 57.7 Å². The van der Waals surface area contributed by atoms with Crippen molar-refractivity contribution in [3.05, 3.63) is 100 Å². The van der Waals surface area contributed by atoms with Gasteiger partial charge in [0.05, 0.1) is 12.5 Å². The standard InChI is InChI=1S/C32H39NO5/c1-22-20-24(21-29(35)36)31(37)23(2)30(22)28(34)14-9-17-33-18-15-27(16-19-33)32(38,25-10-5-3-6-11-25)26-12-7-4-8-13-26/h3-8,10-13,20,27-28,34,37-38H,9,14-19,21H2,1-2H3,(H,35,36). The quantitative estimate of drug-likeness (QED) is 0.299. The highest BCUT2D eigenvalue weighted by molar-refractivity contribution is 5.72. The van der Waals surface area contributed by atoms with E-state index < -0.39 is 17.7 Å². The Bertz CT molecular complexity index is 1180. The number of aromatic hydroxyl groups is 1. The molecule has 6 heteroatoms. The van der Waals surface area contributed by atoms with Crippen LogP contribution in [-0.2, 0) is 16.8 Å². The summed E-state index contributed by atoms with van der Waals surface area (Å²) in [4.78, 5) is 13.5. The Hall–Kier alpha value is -3.19. The number of rotatable bonds is 10. The van der Waals surface area contributed by atoms with Gasteiger partial charge in [0.15, 0.2) is 0 Å². The summed E-state index contributed by atoms with van der Waals surface area (Å²) < 4.78 is 0. The second-order valence-electron chi connectivity index (χ2n) is 10.6. The monoisotopic (exact) mass is 517 g/mol. The van der Waals surface area contributed by atoms with Crippen LogP contribution in [0.4, 0.5) is 0 Å².